The van der Waals surface area contributed by atoms with E-state index in [4.69, 9.17) is 16.3 Å². The average molecular weight is 318 g/mol. The van der Waals surface area contributed by atoms with Crippen LogP contribution in [-0.2, 0) is 0 Å². The Morgan fingerprint density at radius 3 is 2.69 bits per heavy atom. The van der Waals surface area contributed by atoms with Crippen molar-refractivity contribution in [3.8, 4) is 5.75 Å². The van der Waals surface area contributed by atoms with Crippen molar-refractivity contribution in [3.63, 3.8) is 0 Å². The Labute approximate surface area is 93.2 Å². The Bertz CT molecular complexity index is 293. The summed E-state index contributed by atoms with van der Waals surface area (Å²) >= 11 is 7.65. The fourth-order valence-electron chi connectivity index (χ4n) is 0.745. The lowest BCUT2D eigenvalue weighted by atomic mass is 10.3. The highest BCUT2D eigenvalue weighted by Gasteiger charge is 2.06. The molecule has 0 unspecified atom stereocenters. The summed E-state index contributed by atoms with van der Waals surface area (Å²) < 4.78 is 29.1. The molecule has 0 bridgehead atoms. The second-order valence-electron chi connectivity index (χ2n) is 2.28. The molecular formula is C8H6ClF2IO. The highest BCUT2D eigenvalue weighted by Crippen LogP contribution is 2.24. The number of ether oxygens (including phenoxy) is 1. The number of rotatable bonds is 3. The molecule has 0 radical (unpaired) electrons. The van der Waals surface area contributed by atoms with Crippen molar-refractivity contribution in [2.24, 2.45) is 0 Å². The zero-order chi connectivity index (χ0) is 9.84. The Hall–Kier alpha value is -0.100. The van der Waals surface area contributed by atoms with Crippen LogP contribution >= 0.6 is 34.2 Å². The van der Waals surface area contributed by atoms with E-state index in [1.165, 1.54) is 0 Å². The van der Waals surface area contributed by atoms with Crippen LogP contribution in [-0.4, -0.2) is 13.0 Å². The van der Waals surface area contributed by atoms with Crippen molar-refractivity contribution < 1.29 is 13.5 Å². The SMILES string of the molecule is FC(F)COc1ccc(Cl)cc1I. The summed E-state index contributed by atoms with van der Waals surface area (Å²) in [5.74, 6) is 0.435. The van der Waals surface area contributed by atoms with Gasteiger partial charge in [0.05, 0.1) is 3.57 Å². The van der Waals surface area contributed by atoms with Gasteiger partial charge in [-0.1, -0.05) is 11.6 Å². The quantitative estimate of drug-likeness (QED) is 0.774. The lowest BCUT2D eigenvalue weighted by molar-refractivity contribution is 0.0815. The van der Waals surface area contributed by atoms with Crippen molar-refractivity contribution in [3.05, 3.63) is 26.8 Å². The van der Waals surface area contributed by atoms with Crippen LogP contribution in [0.4, 0.5) is 8.78 Å². The molecule has 0 fully saturated rings. The predicted octanol–water partition coefficient (Wildman–Crippen LogP) is 3.59. The highest BCUT2D eigenvalue weighted by molar-refractivity contribution is 14.1. The molecule has 1 aromatic rings. The van der Waals surface area contributed by atoms with Crippen LogP contribution in [0.1, 0.15) is 0 Å². The standard InChI is InChI=1S/C8H6ClF2IO/c9-5-1-2-7(6(12)3-5)13-4-8(10)11/h1-3,8H,4H2. The third-order valence-electron chi connectivity index (χ3n) is 1.26. The number of alkyl halides is 2. The van der Waals surface area contributed by atoms with Gasteiger partial charge in [-0.2, -0.15) is 0 Å². The van der Waals surface area contributed by atoms with E-state index in [0.717, 1.165) is 3.57 Å². The normalized spacial score (nSPS) is 10.5. The van der Waals surface area contributed by atoms with Gasteiger partial charge in [0.15, 0.2) is 0 Å². The lowest BCUT2D eigenvalue weighted by Crippen LogP contribution is -2.07. The van der Waals surface area contributed by atoms with Gasteiger partial charge < -0.3 is 4.74 Å². The van der Waals surface area contributed by atoms with Crippen molar-refractivity contribution in [2.75, 3.05) is 6.61 Å². The van der Waals surface area contributed by atoms with Gasteiger partial charge in [0.2, 0.25) is 0 Å². The van der Waals surface area contributed by atoms with Gasteiger partial charge in [0.25, 0.3) is 6.43 Å². The molecule has 0 aromatic heterocycles. The zero-order valence-electron chi connectivity index (χ0n) is 6.44. The van der Waals surface area contributed by atoms with Crippen LogP contribution in [0.5, 0.6) is 5.75 Å². The van der Waals surface area contributed by atoms with E-state index >= 15 is 0 Å². The van der Waals surface area contributed by atoms with Gasteiger partial charge in [0, 0.05) is 5.02 Å². The largest absolute Gasteiger partial charge is 0.487 e. The Morgan fingerprint density at radius 2 is 2.15 bits per heavy atom. The minimum Gasteiger partial charge on any atom is -0.487 e. The summed E-state index contributed by atoms with van der Waals surface area (Å²) in [4.78, 5) is 0. The van der Waals surface area contributed by atoms with Gasteiger partial charge in [-0.05, 0) is 40.8 Å². The molecule has 0 N–H and O–H groups in total. The van der Waals surface area contributed by atoms with E-state index in [1.807, 2.05) is 22.6 Å². The average Bonchev–Trinajstić information content (AvgIpc) is 2.02. The van der Waals surface area contributed by atoms with Gasteiger partial charge in [-0.25, -0.2) is 8.78 Å². The molecule has 0 heterocycles. The monoisotopic (exact) mass is 318 g/mol. The number of hydrogen-bond donors (Lipinski definition) is 0. The fourth-order valence-corrected chi connectivity index (χ4v) is 1.77. The molecule has 1 nitrogen and oxygen atoms in total. The molecule has 0 aliphatic heterocycles. The first-order valence-corrected chi connectivity index (χ1v) is 4.91. The summed E-state index contributed by atoms with van der Waals surface area (Å²) in [7, 11) is 0. The molecule has 1 aromatic carbocycles. The molecule has 0 saturated heterocycles. The van der Waals surface area contributed by atoms with Crippen LogP contribution in [0.3, 0.4) is 0 Å². The maximum absolute atomic E-state index is 11.8. The van der Waals surface area contributed by atoms with Gasteiger partial charge in [-0.15, -0.1) is 0 Å². The molecule has 1 rings (SSSR count). The second kappa shape index (κ2) is 4.95. The lowest BCUT2D eigenvalue weighted by Gasteiger charge is -2.07. The predicted molar refractivity (Wildman–Crippen MR) is 55.7 cm³/mol. The first-order valence-electron chi connectivity index (χ1n) is 3.45. The molecule has 0 spiro atoms. The van der Waals surface area contributed by atoms with Crippen molar-refractivity contribution in [1.29, 1.82) is 0 Å². The summed E-state index contributed by atoms with van der Waals surface area (Å²) in [5, 5.41) is 0.564. The zero-order valence-corrected chi connectivity index (χ0v) is 9.35. The fraction of sp³-hybridized carbons (Fsp3) is 0.250. The van der Waals surface area contributed by atoms with Crippen molar-refractivity contribution in [2.45, 2.75) is 6.43 Å². The summed E-state index contributed by atoms with van der Waals surface area (Å²) in [6, 6.07) is 4.83. The smallest absolute Gasteiger partial charge is 0.272 e. The minimum absolute atomic E-state index is 0.435. The molecule has 13 heavy (non-hydrogen) atoms. The van der Waals surface area contributed by atoms with Gasteiger partial charge in [-0.3, -0.25) is 0 Å². The number of benzene rings is 1. The molecule has 0 aliphatic carbocycles. The Balaban J connectivity index is 2.67. The van der Waals surface area contributed by atoms with E-state index in [1.54, 1.807) is 18.2 Å². The van der Waals surface area contributed by atoms with Crippen LogP contribution in [0.2, 0.25) is 5.02 Å². The molecule has 5 heteroatoms. The van der Waals surface area contributed by atoms with E-state index in [0.29, 0.717) is 10.8 Å². The highest BCUT2D eigenvalue weighted by atomic mass is 127. The maximum Gasteiger partial charge on any atom is 0.272 e. The third-order valence-corrected chi connectivity index (χ3v) is 2.34. The van der Waals surface area contributed by atoms with E-state index < -0.39 is 13.0 Å². The third kappa shape index (κ3) is 3.64. The van der Waals surface area contributed by atoms with Crippen molar-refractivity contribution >= 4 is 34.2 Å². The molecule has 72 valence electrons. The first kappa shape index (κ1) is 11.0. The topological polar surface area (TPSA) is 9.23 Å². The van der Waals surface area contributed by atoms with Gasteiger partial charge >= 0.3 is 0 Å². The van der Waals surface area contributed by atoms with Crippen LogP contribution in [0.15, 0.2) is 18.2 Å². The summed E-state index contributed by atoms with van der Waals surface area (Å²) in [6.45, 7) is -0.586. The van der Waals surface area contributed by atoms with E-state index in [9.17, 15) is 8.78 Å². The molecule has 0 atom stereocenters. The molecule has 0 saturated carbocycles. The van der Waals surface area contributed by atoms with E-state index in [-0.39, 0.29) is 0 Å². The number of hydrogen-bond acceptors (Lipinski definition) is 1. The molecule has 0 amide bonds. The first-order chi connectivity index (χ1) is 6.09. The minimum atomic E-state index is -2.45. The Kier molecular flexibility index (Phi) is 4.18. The van der Waals surface area contributed by atoms with Crippen LogP contribution in [0.25, 0.3) is 0 Å². The summed E-state index contributed by atoms with van der Waals surface area (Å²) in [6.07, 6.45) is -2.45. The second-order valence-corrected chi connectivity index (χ2v) is 3.88. The van der Waals surface area contributed by atoms with Gasteiger partial charge in [0.1, 0.15) is 12.4 Å². The Morgan fingerprint density at radius 1 is 1.46 bits per heavy atom. The molecule has 0 aliphatic rings. The maximum atomic E-state index is 11.8. The van der Waals surface area contributed by atoms with Crippen molar-refractivity contribution in [1.82, 2.24) is 0 Å². The molecular weight excluding hydrogens is 312 g/mol. The van der Waals surface area contributed by atoms with Crippen LogP contribution in [0, 0.1) is 3.57 Å². The van der Waals surface area contributed by atoms with Crippen LogP contribution < -0.4 is 4.74 Å². The van der Waals surface area contributed by atoms with E-state index in [2.05, 4.69) is 0 Å². The number of halogens is 4. The summed E-state index contributed by atoms with van der Waals surface area (Å²) in [5.41, 5.74) is 0.